The van der Waals surface area contributed by atoms with Crippen LogP contribution in [0.25, 0.3) is 0 Å². The molecule has 0 aromatic carbocycles. The number of halogens is 3. The summed E-state index contributed by atoms with van der Waals surface area (Å²) < 4.78 is 37.7. The molecule has 3 fully saturated rings. The summed E-state index contributed by atoms with van der Waals surface area (Å²) in [5.74, 6) is 1.00. The van der Waals surface area contributed by atoms with Crippen LogP contribution in [-0.4, -0.2) is 30.5 Å². The molecule has 1 saturated carbocycles. The van der Waals surface area contributed by atoms with Gasteiger partial charge in [-0.15, -0.1) is 0 Å². The Kier molecular flexibility index (Phi) is 2.82. The van der Waals surface area contributed by atoms with E-state index in [0.29, 0.717) is 30.5 Å². The van der Waals surface area contributed by atoms with Crippen molar-refractivity contribution in [1.82, 2.24) is 10.3 Å². The number of anilines is 1. The number of nitrogens with zero attached hydrogens (tertiary/aromatic N) is 2. The predicted molar refractivity (Wildman–Crippen MR) is 73.1 cm³/mol. The molecule has 118 valence electrons. The number of hydrogen-bond acceptors (Lipinski definition) is 3. The fraction of sp³-hybridized carbons (Fsp3) is 0.600. The van der Waals surface area contributed by atoms with E-state index >= 15 is 0 Å². The molecular formula is C15H16F3N3O. The van der Waals surface area contributed by atoms with Gasteiger partial charge in [0, 0.05) is 18.4 Å². The molecule has 3 heterocycles. The van der Waals surface area contributed by atoms with E-state index in [4.69, 9.17) is 0 Å². The normalized spacial score (nSPS) is 34.1. The zero-order valence-corrected chi connectivity index (χ0v) is 11.9. The number of rotatable bonds is 1. The Hall–Kier alpha value is -1.63. The molecule has 1 aromatic heterocycles. The number of piperidine rings is 2. The Morgan fingerprint density at radius 2 is 2.00 bits per heavy atom. The van der Waals surface area contributed by atoms with Gasteiger partial charge in [-0.2, -0.15) is 13.2 Å². The van der Waals surface area contributed by atoms with E-state index in [1.54, 1.807) is 4.90 Å². The minimum absolute atomic E-state index is 0.00170. The van der Waals surface area contributed by atoms with Crippen molar-refractivity contribution in [3.63, 3.8) is 0 Å². The number of amides is 1. The molecule has 2 unspecified atom stereocenters. The second kappa shape index (κ2) is 4.44. The molecule has 1 aliphatic carbocycles. The van der Waals surface area contributed by atoms with Crippen molar-refractivity contribution in [3.05, 3.63) is 24.0 Å². The number of carbonyl (C=O) groups is 1. The third-order valence-electron chi connectivity index (χ3n) is 5.56. The highest BCUT2D eigenvalue weighted by Crippen LogP contribution is 2.59. The number of pyridine rings is 1. The summed E-state index contributed by atoms with van der Waals surface area (Å²) in [6, 6.07) is 2.29. The highest BCUT2D eigenvalue weighted by Gasteiger charge is 2.61. The van der Waals surface area contributed by atoms with Gasteiger partial charge in [-0.1, -0.05) is 0 Å². The van der Waals surface area contributed by atoms with E-state index in [1.807, 2.05) is 0 Å². The molecule has 1 amide bonds. The third-order valence-corrected chi connectivity index (χ3v) is 5.56. The van der Waals surface area contributed by atoms with Crippen LogP contribution in [0.3, 0.4) is 0 Å². The van der Waals surface area contributed by atoms with Gasteiger partial charge in [-0.05, 0) is 43.5 Å². The van der Waals surface area contributed by atoms with E-state index in [9.17, 15) is 18.0 Å². The Labute approximate surface area is 125 Å². The van der Waals surface area contributed by atoms with Crippen LogP contribution in [0.5, 0.6) is 0 Å². The summed E-state index contributed by atoms with van der Waals surface area (Å²) in [5, 5.41) is 3.36. The van der Waals surface area contributed by atoms with Gasteiger partial charge in [0.15, 0.2) is 0 Å². The van der Waals surface area contributed by atoms with Gasteiger partial charge in [0.2, 0.25) is 5.91 Å². The fourth-order valence-electron chi connectivity index (χ4n) is 4.30. The van der Waals surface area contributed by atoms with Crippen LogP contribution in [0, 0.1) is 17.3 Å². The first-order chi connectivity index (χ1) is 10.4. The van der Waals surface area contributed by atoms with E-state index in [-0.39, 0.29) is 11.3 Å². The molecule has 2 aliphatic heterocycles. The van der Waals surface area contributed by atoms with Crippen molar-refractivity contribution in [2.45, 2.75) is 19.0 Å². The van der Waals surface area contributed by atoms with Gasteiger partial charge in [0.25, 0.3) is 0 Å². The summed E-state index contributed by atoms with van der Waals surface area (Å²) >= 11 is 0. The van der Waals surface area contributed by atoms with E-state index < -0.39 is 11.9 Å². The molecule has 7 heteroatoms. The topological polar surface area (TPSA) is 45.2 Å². The van der Waals surface area contributed by atoms with Crippen LogP contribution >= 0.6 is 0 Å². The molecule has 22 heavy (non-hydrogen) atoms. The van der Waals surface area contributed by atoms with Crippen molar-refractivity contribution >= 4 is 11.6 Å². The van der Waals surface area contributed by atoms with Crippen LogP contribution in [0.2, 0.25) is 0 Å². The zero-order chi connectivity index (χ0) is 15.5. The van der Waals surface area contributed by atoms with Crippen LogP contribution < -0.4 is 10.2 Å². The molecule has 2 bridgehead atoms. The summed E-state index contributed by atoms with van der Waals surface area (Å²) in [4.78, 5) is 17.4. The van der Waals surface area contributed by atoms with Crippen molar-refractivity contribution in [2.24, 2.45) is 17.3 Å². The lowest BCUT2D eigenvalue weighted by Crippen LogP contribution is -2.62. The molecule has 4 rings (SSSR count). The Morgan fingerprint density at radius 1 is 1.27 bits per heavy atom. The second-order valence-corrected chi connectivity index (χ2v) is 6.58. The lowest BCUT2D eigenvalue weighted by Gasteiger charge is -2.57. The second-order valence-electron chi connectivity index (χ2n) is 6.58. The SMILES string of the molecule is O=C1CC2(CN1c1ccc(C(F)(F)F)nc1)C1CNCC2C1. The molecule has 2 atom stereocenters. The van der Waals surface area contributed by atoms with Crippen LogP contribution in [0.4, 0.5) is 18.9 Å². The van der Waals surface area contributed by atoms with Crippen molar-refractivity contribution in [2.75, 3.05) is 24.5 Å². The van der Waals surface area contributed by atoms with Gasteiger partial charge in [-0.25, -0.2) is 4.98 Å². The van der Waals surface area contributed by atoms with Crippen molar-refractivity contribution in [1.29, 1.82) is 0 Å². The first-order valence-corrected chi connectivity index (χ1v) is 7.44. The summed E-state index contributed by atoms with van der Waals surface area (Å²) in [6.45, 7) is 2.47. The van der Waals surface area contributed by atoms with Crippen LogP contribution in [0.15, 0.2) is 18.3 Å². The number of hydrogen-bond donors (Lipinski definition) is 1. The quantitative estimate of drug-likeness (QED) is 0.863. The van der Waals surface area contributed by atoms with E-state index in [0.717, 1.165) is 31.8 Å². The van der Waals surface area contributed by atoms with Gasteiger partial charge >= 0.3 is 6.18 Å². The number of carbonyl (C=O) groups excluding carboxylic acids is 1. The molecule has 1 aromatic rings. The van der Waals surface area contributed by atoms with Gasteiger partial charge < -0.3 is 10.2 Å². The summed E-state index contributed by atoms with van der Waals surface area (Å²) in [5.41, 5.74) is -0.444. The monoisotopic (exact) mass is 311 g/mol. The standard InChI is InChI=1S/C15H16F3N3O/c16-15(17,18)12-2-1-11(7-20-12)21-8-14(4-13(21)22)9-3-10(14)6-19-5-9/h1-2,7,9-10,19H,3-6,8H2. The molecule has 1 spiro atoms. The molecule has 4 nitrogen and oxygen atoms in total. The summed E-state index contributed by atoms with van der Waals surface area (Å²) in [6.07, 6.45) is -1.64. The molecular weight excluding hydrogens is 295 g/mol. The first-order valence-electron chi connectivity index (χ1n) is 7.44. The average Bonchev–Trinajstić information content (AvgIpc) is 2.87. The Balaban J connectivity index is 1.57. The zero-order valence-electron chi connectivity index (χ0n) is 11.9. The molecule has 0 radical (unpaired) electrons. The van der Waals surface area contributed by atoms with Crippen molar-refractivity contribution < 1.29 is 18.0 Å². The maximum atomic E-state index is 12.6. The minimum atomic E-state index is -4.45. The maximum Gasteiger partial charge on any atom is 0.433 e. The van der Waals surface area contributed by atoms with Crippen LogP contribution in [0.1, 0.15) is 18.5 Å². The molecule has 2 saturated heterocycles. The van der Waals surface area contributed by atoms with Crippen LogP contribution in [-0.2, 0) is 11.0 Å². The highest BCUT2D eigenvalue weighted by molar-refractivity contribution is 5.96. The molecule has 1 N–H and O–H groups in total. The number of alkyl halides is 3. The first kappa shape index (κ1) is 14.0. The Bertz CT molecular complexity index is 599. The van der Waals surface area contributed by atoms with E-state index in [2.05, 4.69) is 10.3 Å². The predicted octanol–water partition coefficient (Wildman–Crippen LogP) is 2.06. The molecule has 3 aliphatic rings. The highest BCUT2D eigenvalue weighted by atomic mass is 19.4. The maximum absolute atomic E-state index is 12.6. The fourth-order valence-corrected chi connectivity index (χ4v) is 4.30. The van der Waals surface area contributed by atoms with Gasteiger partial charge in [-0.3, -0.25) is 4.79 Å². The number of nitrogens with one attached hydrogen (secondary N) is 1. The number of aromatic nitrogens is 1. The van der Waals surface area contributed by atoms with E-state index in [1.165, 1.54) is 6.07 Å². The summed E-state index contributed by atoms with van der Waals surface area (Å²) in [7, 11) is 0. The third kappa shape index (κ3) is 1.87. The minimum Gasteiger partial charge on any atom is -0.316 e. The largest absolute Gasteiger partial charge is 0.433 e. The van der Waals surface area contributed by atoms with Crippen molar-refractivity contribution in [3.8, 4) is 0 Å². The van der Waals surface area contributed by atoms with Gasteiger partial charge in [0.05, 0.1) is 11.9 Å². The lowest BCUT2D eigenvalue weighted by molar-refractivity contribution is -0.141. The van der Waals surface area contributed by atoms with Gasteiger partial charge in [0.1, 0.15) is 5.69 Å². The lowest BCUT2D eigenvalue weighted by atomic mass is 9.50. The Morgan fingerprint density at radius 3 is 2.55 bits per heavy atom. The smallest absolute Gasteiger partial charge is 0.316 e. The average molecular weight is 311 g/mol.